The number of nitrogens with zero attached hydrogens (tertiary/aromatic N) is 3. The van der Waals surface area contributed by atoms with E-state index in [4.69, 9.17) is 0 Å². The molecule has 196 valence electrons. The highest BCUT2D eigenvalue weighted by Gasteiger charge is 2.60. The lowest BCUT2D eigenvalue weighted by Crippen LogP contribution is -2.68. The number of likely N-dealkylation sites (tertiary alicyclic amines) is 2. The average molecular weight is 514 g/mol. The number of phenolic OH excluding ortho intramolecular Hbond substituents is 2. The Morgan fingerprint density at radius 2 is 1.92 bits per heavy atom. The molecule has 1 amide bonds. The number of fused-ring (bicyclic) bond motifs is 1. The second-order valence-electron chi connectivity index (χ2n) is 11.1. The van der Waals surface area contributed by atoms with Crippen LogP contribution in [0.1, 0.15) is 69.2 Å². The third kappa shape index (κ3) is 4.41. The van der Waals surface area contributed by atoms with Crippen molar-refractivity contribution in [3.63, 3.8) is 0 Å². The number of hydrogen-bond acceptors (Lipinski definition) is 7. The van der Waals surface area contributed by atoms with Gasteiger partial charge in [0.1, 0.15) is 0 Å². The van der Waals surface area contributed by atoms with Crippen LogP contribution in [0.25, 0.3) is 0 Å². The van der Waals surface area contributed by atoms with Crippen LogP contribution in [0.2, 0.25) is 0 Å². The third-order valence-corrected chi connectivity index (χ3v) is 9.82. The molecule has 3 N–H and O–H groups in total. The number of hydrogen-bond donors (Lipinski definition) is 3. The van der Waals surface area contributed by atoms with Crippen LogP contribution < -0.4 is 0 Å². The minimum atomic E-state index is -1.14. The lowest BCUT2D eigenvalue weighted by molar-refractivity contribution is -0.138. The van der Waals surface area contributed by atoms with Gasteiger partial charge >= 0.3 is 0 Å². The zero-order valence-corrected chi connectivity index (χ0v) is 22.3. The summed E-state index contributed by atoms with van der Waals surface area (Å²) in [5.41, 5.74) is 2.48. The van der Waals surface area contributed by atoms with Gasteiger partial charge in [-0.25, -0.2) is 4.98 Å². The first-order valence-electron chi connectivity index (χ1n) is 13.4. The van der Waals surface area contributed by atoms with Gasteiger partial charge in [-0.05, 0) is 76.0 Å². The van der Waals surface area contributed by atoms with Crippen molar-refractivity contribution >= 4 is 17.2 Å². The molecule has 3 fully saturated rings. The molecule has 2 saturated heterocycles. The smallest absolute Gasteiger partial charge is 0.222 e. The number of thiazole rings is 1. The molecule has 0 bridgehead atoms. The number of aryl methyl sites for hydroxylation is 2. The van der Waals surface area contributed by atoms with Gasteiger partial charge < -0.3 is 20.2 Å². The molecule has 1 aliphatic carbocycles. The first kappa shape index (κ1) is 25.5. The Bertz CT molecular complexity index is 1090. The Kier molecular flexibility index (Phi) is 7.05. The number of carbonyl (C=O) groups excluding carboxylic acids is 1. The number of carbonyl (C=O) groups is 1. The third-order valence-electron chi connectivity index (χ3n) is 9.19. The van der Waals surface area contributed by atoms with Gasteiger partial charge in [-0.3, -0.25) is 9.69 Å². The van der Waals surface area contributed by atoms with Crippen LogP contribution in [0, 0.1) is 5.92 Å². The van der Waals surface area contributed by atoms with E-state index in [9.17, 15) is 20.1 Å². The van der Waals surface area contributed by atoms with Gasteiger partial charge in [0.2, 0.25) is 5.91 Å². The van der Waals surface area contributed by atoms with Gasteiger partial charge in [0, 0.05) is 48.5 Å². The van der Waals surface area contributed by atoms with Crippen LogP contribution >= 0.6 is 11.3 Å². The minimum absolute atomic E-state index is 0.0822. The summed E-state index contributed by atoms with van der Waals surface area (Å²) in [6.45, 7) is 6.98. The summed E-state index contributed by atoms with van der Waals surface area (Å²) in [4.78, 5) is 21.9. The zero-order chi connectivity index (χ0) is 25.5. The number of piperidine rings is 1. The van der Waals surface area contributed by atoms with Crippen molar-refractivity contribution in [1.82, 2.24) is 14.8 Å². The molecular weight excluding hydrogens is 474 g/mol. The van der Waals surface area contributed by atoms with Crippen molar-refractivity contribution in [3.8, 4) is 11.5 Å². The normalized spacial score (nSPS) is 29.1. The molecule has 7 nitrogen and oxygen atoms in total. The van der Waals surface area contributed by atoms with Gasteiger partial charge in [0.25, 0.3) is 0 Å². The molecule has 3 atom stereocenters. The summed E-state index contributed by atoms with van der Waals surface area (Å²) >= 11 is 1.54. The molecular formula is C28H39N3O4S. The van der Waals surface area contributed by atoms with Crippen molar-refractivity contribution in [1.29, 1.82) is 0 Å². The van der Waals surface area contributed by atoms with E-state index in [0.717, 1.165) is 24.3 Å². The predicted molar refractivity (Wildman–Crippen MR) is 140 cm³/mol. The van der Waals surface area contributed by atoms with Crippen LogP contribution in [0.15, 0.2) is 23.0 Å². The maximum atomic E-state index is 13.3. The van der Waals surface area contributed by atoms with Crippen molar-refractivity contribution in [2.45, 2.75) is 82.3 Å². The van der Waals surface area contributed by atoms with Gasteiger partial charge in [0.15, 0.2) is 11.5 Å². The molecule has 3 aliphatic rings. The van der Waals surface area contributed by atoms with E-state index in [1.54, 1.807) is 11.6 Å². The molecule has 5 rings (SSSR count). The number of aromatic hydroxyl groups is 2. The van der Waals surface area contributed by atoms with E-state index in [-0.39, 0.29) is 23.4 Å². The number of amides is 1. The Balaban J connectivity index is 1.50. The lowest BCUT2D eigenvalue weighted by atomic mass is 9.56. The summed E-state index contributed by atoms with van der Waals surface area (Å²) in [5.74, 6) is 0.531. The number of rotatable bonds is 7. The SMILES string of the molecule is CCc1ccc(O)c(O)c1C12CCN(C(=O)CCc3cscn3)CCC1(O)C(C)N(CC1CC1)CC2. The van der Waals surface area contributed by atoms with E-state index in [1.165, 1.54) is 24.2 Å². The fourth-order valence-corrected chi connectivity index (χ4v) is 7.37. The van der Waals surface area contributed by atoms with Crippen LogP contribution in [-0.2, 0) is 23.1 Å². The number of benzene rings is 1. The van der Waals surface area contributed by atoms with Crippen molar-refractivity contribution in [3.05, 3.63) is 39.8 Å². The molecule has 2 aliphatic heterocycles. The fraction of sp³-hybridized carbons (Fsp3) is 0.643. The second-order valence-corrected chi connectivity index (χ2v) is 11.8. The molecule has 1 saturated carbocycles. The summed E-state index contributed by atoms with van der Waals surface area (Å²) in [7, 11) is 0. The summed E-state index contributed by atoms with van der Waals surface area (Å²) in [6, 6.07) is 3.30. The monoisotopic (exact) mass is 513 g/mol. The lowest BCUT2D eigenvalue weighted by Gasteiger charge is -2.58. The topological polar surface area (TPSA) is 97.1 Å². The van der Waals surface area contributed by atoms with Crippen LogP contribution in [0.5, 0.6) is 11.5 Å². The Morgan fingerprint density at radius 3 is 2.61 bits per heavy atom. The molecule has 1 aromatic heterocycles. The highest BCUT2D eigenvalue weighted by Crippen LogP contribution is 2.56. The standard InChI is InChI=1S/C28H39N3O4S/c1-3-21-6-8-23(32)26(34)25(21)27-10-13-30(24(33)9-7-22-17-36-18-29-22)15-12-28(27,35)19(2)31(14-11-27)16-20-4-5-20/h6,8,17-20,32,34-35H,3-5,7,9-16H2,1-2H3. The van der Waals surface area contributed by atoms with E-state index in [1.807, 2.05) is 23.3 Å². The van der Waals surface area contributed by atoms with E-state index in [2.05, 4.69) is 16.8 Å². The number of phenols is 2. The molecule has 8 heteroatoms. The largest absolute Gasteiger partial charge is 0.504 e. The van der Waals surface area contributed by atoms with E-state index < -0.39 is 11.0 Å². The van der Waals surface area contributed by atoms with Crippen LogP contribution in [0.4, 0.5) is 0 Å². The summed E-state index contributed by atoms with van der Waals surface area (Å²) < 4.78 is 0. The van der Waals surface area contributed by atoms with Gasteiger partial charge in [0.05, 0.1) is 16.8 Å². The fourth-order valence-electron chi connectivity index (χ4n) is 6.78. The first-order chi connectivity index (χ1) is 17.3. The molecule has 1 aromatic carbocycles. The highest BCUT2D eigenvalue weighted by atomic mass is 32.1. The van der Waals surface area contributed by atoms with Crippen molar-refractivity contribution < 1.29 is 20.1 Å². The highest BCUT2D eigenvalue weighted by molar-refractivity contribution is 7.07. The molecule has 3 heterocycles. The Hall–Kier alpha value is -2.16. The van der Waals surface area contributed by atoms with Crippen molar-refractivity contribution in [2.75, 3.05) is 26.2 Å². The molecule has 3 unspecified atom stereocenters. The van der Waals surface area contributed by atoms with E-state index in [0.29, 0.717) is 63.1 Å². The quantitative estimate of drug-likeness (QED) is 0.487. The van der Waals surface area contributed by atoms with Crippen LogP contribution in [-0.4, -0.2) is 73.8 Å². The Morgan fingerprint density at radius 1 is 1.17 bits per heavy atom. The number of aliphatic hydroxyl groups is 1. The predicted octanol–water partition coefficient (Wildman–Crippen LogP) is 3.85. The maximum Gasteiger partial charge on any atom is 0.222 e. The Labute approximate surface area is 217 Å². The van der Waals surface area contributed by atoms with Gasteiger partial charge in [-0.2, -0.15) is 0 Å². The molecule has 2 aromatic rings. The zero-order valence-electron chi connectivity index (χ0n) is 21.4. The number of aromatic nitrogens is 1. The maximum absolute atomic E-state index is 13.3. The van der Waals surface area contributed by atoms with Crippen molar-refractivity contribution in [2.24, 2.45) is 5.92 Å². The van der Waals surface area contributed by atoms with Gasteiger partial charge in [-0.1, -0.05) is 13.0 Å². The first-order valence-corrected chi connectivity index (χ1v) is 14.4. The molecule has 0 radical (unpaired) electrons. The molecule has 36 heavy (non-hydrogen) atoms. The summed E-state index contributed by atoms with van der Waals surface area (Å²) in [6.07, 6.45) is 5.89. The summed E-state index contributed by atoms with van der Waals surface area (Å²) in [5, 5.41) is 36.4. The van der Waals surface area contributed by atoms with Crippen LogP contribution in [0.3, 0.4) is 0 Å². The minimum Gasteiger partial charge on any atom is -0.504 e. The van der Waals surface area contributed by atoms with E-state index >= 15 is 0 Å². The second kappa shape index (κ2) is 9.95. The van der Waals surface area contributed by atoms with Gasteiger partial charge in [-0.15, -0.1) is 11.3 Å². The molecule has 0 spiro atoms. The average Bonchev–Trinajstić information content (AvgIpc) is 3.57.